The van der Waals surface area contributed by atoms with Crippen LogP contribution in [0.1, 0.15) is 25.0 Å². The first-order chi connectivity index (χ1) is 8.70. The van der Waals surface area contributed by atoms with Crippen molar-refractivity contribution in [3.05, 3.63) is 30.0 Å². The van der Waals surface area contributed by atoms with Gasteiger partial charge in [-0.15, -0.1) is 0 Å². The van der Waals surface area contributed by atoms with Gasteiger partial charge in [0.05, 0.1) is 12.7 Å². The molecule has 2 atom stereocenters. The summed E-state index contributed by atoms with van der Waals surface area (Å²) in [4.78, 5) is 0. The molecule has 2 aromatic rings. The number of ether oxygens (including phenoxy) is 1. The fourth-order valence-corrected chi connectivity index (χ4v) is 2.33. The maximum absolute atomic E-state index is 5.93. The third-order valence-corrected chi connectivity index (χ3v) is 3.55. The molecule has 0 amide bonds. The maximum atomic E-state index is 5.93. The molecule has 1 saturated carbocycles. The quantitative estimate of drug-likeness (QED) is 0.901. The summed E-state index contributed by atoms with van der Waals surface area (Å²) < 4.78 is 10.6. The van der Waals surface area contributed by atoms with Gasteiger partial charge in [0, 0.05) is 5.92 Å². The SMILES string of the molecule is COc1cccc(-c2c(N)noc2C2CC2C)c1. The van der Waals surface area contributed by atoms with Crippen molar-refractivity contribution in [2.75, 3.05) is 12.8 Å². The minimum Gasteiger partial charge on any atom is -0.497 e. The second-order valence-corrected chi connectivity index (χ2v) is 4.86. The number of rotatable bonds is 3. The van der Waals surface area contributed by atoms with Crippen LogP contribution in [0, 0.1) is 5.92 Å². The molecule has 18 heavy (non-hydrogen) atoms. The van der Waals surface area contributed by atoms with E-state index in [2.05, 4.69) is 12.1 Å². The number of hydrogen-bond donors (Lipinski definition) is 1. The second kappa shape index (κ2) is 4.05. The molecule has 1 heterocycles. The number of aromatic nitrogens is 1. The van der Waals surface area contributed by atoms with Crippen molar-refractivity contribution in [3.63, 3.8) is 0 Å². The minimum atomic E-state index is 0.455. The summed E-state index contributed by atoms with van der Waals surface area (Å²) in [6.45, 7) is 2.21. The Labute approximate surface area is 106 Å². The number of anilines is 1. The zero-order valence-electron chi connectivity index (χ0n) is 10.5. The lowest BCUT2D eigenvalue weighted by atomic mass is 10.0. The van der Waals surface area contributed by atoms with Gasteiger partial charge in [0.2, 0.25) is 0 Å². The highest BCUT2D eigenvalue weighted by atomic mass is 16.5. The lowest BCUT2D eigenvalue weighted by Crippen LogP contribution is -1.91. The van der Waals surface area contributed by atoms with Crippen molar-refractivity contribution in [1.29, 1.82) is 0 Å². The largest absolute Gasteiger partial charge is 0.497 e. The summed E-state index contributed by atoms with van der Waals surface area (Å²) in [6, 6.07) is 7.81. The highest BCUT2D eigenvalue weighted by Crippen LogP contribution is 2.51. The van der Waals surface area contributed by atoms with Crippen molar-refractivity contribution in [2.24, 2.45) is 5.92 Å². The summed E-state index contributed by atoms with van der Waals surface area (Å²) in [5.74, 6) is 3.28. The van der Waals surface area contributed by atoms with Crippen molar-refractivity contribution in [1.82, 2.24) is 5.16 Å². The Morgan fingerprint density at radius 2 is 2.22 bits per heavy atom. The van der Waals surface area contributed by atoms with E-state index in [1.807, 2.05) is 24.3 Å². The van der Waals surface area contributed by atoms with Crippen LogP contribution in [-0.2, 0) is 0 Å². The molecule has 1 aromatic heterocycles. The van der Waals surface area contributed by atoms with Gasteiger partial charge in [0.25, 0.3) is 0 Å². The average molecular weight is 244 g/mol. The number of nitrogens with zero attached hydrogens (tertiary/aromatic N) is 1. The first-order valence-electron chi connectivity index (χ1n) is 6.10. The zero-order valence-corrected chi connectivity index (χ0v) is 10.5. The lowest BCUT2D eigenvalue weighted by molar-refractivity contribution is 0.384. The molecule has 4 nitrogen and oxygen atoms in total. The molecule has 0 saturated heterocycles. The molecule has 1 aliphatic rings. The van der Waals surface area contributed by atoms with Crippen LogP contribution in [0.3, 0.4) is 0 Å². The van der Waals surface area contributed by atoms with E-state index < -0.39 is 0 Å². The van der Waals surface area contributed by atoms with Gasteiger partial charge in [0.1, 0.15) is 11.5 Å². The van der Waals surface area contributed by atoms with E-state index >= 15 is 0 Å². The van der Waals surface area contributed by atoms with Gasteiger partial charge in [-0.2, -0.15) is 0 Å². The van der Waals surface area contributed by atoms with Gasteiger partial charge in [-0.05, 0) is 30.0 Å². The number of benzene rings is 1. The van der Waals surface area contributed by atoms with Gasteiger partial charge in [-0.1, -0.05) is 24.2 Å². The Morgan fingerprint density at radius 1 is 1.44 bits per heavy atom. The molecule has 0 bridgehead atoms. The van der Waals surface area contributed by atoms with Gasteiger partial charge < -0.3 is 15.0 Å². The van der Waals surface area contributed by atoms with Crippen LogP contribution in [0.4, 0.5) is 5.82 Å². The van der Waals surface area contributed by atoms with Crippen LogP contribution in [0.2, 0.25) is 0 Å². The van der Waals surface area contributed by atoms with E-state index in [-0.39, 0.29) is 0 Å². The summed E-state index contributed by atoms with van der Waals surface area (Å²) >= 11 is 0. The van der Waals surface area contributed by atoms with Crippen LogP contribution in [0.15, 0.2) is 28.8 Å². The third-order valence-electron chi connectivity index (χ3n) is 3.55. The molecule has 1 fully saturated rings. The molecule has 0 radical (unpaired) electrons. The van der Waals surface area contributed by atoms with E-state index in [1.54, 1.807) is 7.11 Å². The summed E-state index contributed by atoms with van der Waals surface area (Å²) in [6.07, 6.45) is 1.14. The lowest BCUT2D eigenvalue weighted by Gasteiger charge is -2.04. The smallest absolute Gasteiger partial charge is 0.175 e. The second-order valence-electron chi connectivity index (χ2n) is 4.86. The topological polar surface area (TPSA) is 61.3 Å². The van der Waals surface area contributed by atoms with Gasteiger partial charge in [-0.25, -0.2) is 0 Å². The highest BCUT2D eigenvalue weighted by molar-refractivity contribution is 5.77. The number of nitrogens with two attached hydrogens (primary N) is 1. The Kier molecular flexibility index (Phi) is 2.51. The van der Waals surface area contributed by atoms with Gasteiger partial charge >= 0.3 is 0 Å². The molecule has 0 spiro atoms. The van der Waals surface area contributed by atoms with Gasteiger partial charge in [0.15, 0.2) is 5.82 Å². The maximum Gasteiger partial charge on any atom is 0.175 e. The summed E-state index contributed by atoms with van der Waals surface area (Å²) in [5, 5.41) is 3.91. The summed E-state index contributed by atoms with van der Waals surface area (Å²) in [7, 11) is 1.65. The van der Waals surface area contributed by atoms with E-state index in [0.29, 0.717) is 17.7 Å². The predicted molar refractivity (Wildman–Crippen MR) is 69.4 cm³/mol. The predicted octanol–water partition coefficient (Wildman–Crippen LogP) is 3.06. The van der Waals surface area contributed by atoms with Crippen LogP contribution >= 0.6 is 0 Å². The minimum absolute atomic E-state index is 0.455. The van der Waals surface area contributed by atoms with Gasteiger partial charge in [-0.3, -0.25) is 0 Å². The van der Waals surface area contributed by atoms with E-state index in [4.69, 9.17) is 15.0 Å². The van der Waals surface area contributed by atoms with E-state index in [0.717, 1.165) is 29.1 Å². The van der Waals surface area contributed by atoms with Crippen LogP contribution in [0.25, 0.3) is 11.1 Å². The number of hydrogen-bond acceptors (Lipinski definition) is 4. The Morgan fingerprint density at radius 3 is 2.89 bits per heavy atom. The monoisotopic (exact) mass is 244 g/mol. The average Bonchev–Trinajstić information content (AvgIpc) is 2.98. The molecule has 1 aliphatic carbocycles. The highest BCUT2D eigenvalue weighted by Gasteiger charge is 2.40. The molecule has 94 valence electrons. The third kappa shape index (κ3) is 1.74. The molecule has 3 rings (SSSR count). The fourth-order valence-electron chi connectivity index (χ4n) is 2.33. The Hall–Kier alpha value is -1.97. The fraction of sp³-hybridized carbons (Fsp3) is 0.357. The number of nitrogen functional groups attached to an aromatic ring is 1. The van der Waals surface area contributed by atoms with Crippen LogP contribution in [-0.4, -0.2) is 12.3 Å². The van der Waals surface area contributed by atoms with E-state index in [1.165, 1.54) is 0 Å². The molecule has 0 aliphatic heterocycles. The molecule has 2 unspecified atom stereocenters. The first kappa shape index (κ1) is 11.1. The standard InChI is InChI=1S/C14H16N2O2/c1-8-6-11(8)13-12(14(15)16-18-13)9-4-3-5-10(7-9)17-2/h3-5,7-8,11H,6H2,1-2H3,(H2,15,16). The zero-order chi connectivity index (χ0) is 12.7. The molecular formula is C14H16N2O2. The normalized spacial score (nSPS) is 21.9. The van der Waals surface area contributed by atoms with Crippen molar-refractivity contribution in [2.45, 2.75) is 19.3 Å². The van der Waals surface area contributed by atoms with Crippen molar-refractivity contribution >= 4 is 5.82 Å². The molecule has 2 N–H and O–H groups in total. The first-order valence-corrected chi connectivity index (χ1v) is 6.10. The van der Waals surface area contributed by atoms with Crippen LogP contribution in [0.5, 0.6) is 5.75 Å². The Bertz CT molecular complexity index is 577. The van der Waals surface area contributed by atoms with Crippen molar-refractivity contribution < 1.29 is 9.26 Å². The summed E-state index contributed by atoms with van der Waals surface area (Å²) in [5.41, 5.74) is 7.85. The number of methoxy groups -OCH3 is 1. The Balaban J connectivity index is 2.07. The molecule has 1 aromatic carbocycles. The van der Waals surface area contributed by atoms with Crippen LogP contribution < -0.4 is 10.5 Å². The van der Waals surface area contributed by atoms with Crippen molar-refractivity contribution in [3.8, 4) is 16.9 Å². The van der Waals surface area contributed by atoms with E-state index in [9.17, 15) is 0 Å². The molecule has 4 heteroatoms. The molecular weight excluding hydrogens is 228 g/mol.